The van der Waals surface area contributed by atoms with E-state index in [9.17, 15) is 13.2 Å². The standard InChI is InChI=1S/C31H30N4O4S3/c1-6-10-25-18(3)19(4)29(40-25)23-15-22(30(36)35-42(37,38)26-16-33-31(32)41-26)27-24(14-13-17(2)28(27)34-23)39-20(5)21-11-8-7-9-12-21/h6-16,20H,1-5H3,(H2,32,33)(H,35,36)/b10-6-/t20-/m1/s1. The molecule has 0 bridgehead atoms. The molecule has 3 heterocycles. The van der Waals surface area contributed by atoms with Crippen molar-refractivity contribution in [1.82, 2.24) is 14.7 Å². The lowest BCUT2D eigenvalue weighted by Gasteiger charge is -2.19. The number of aryl methyl sites for hydroxylation is 1. The molecule has 0 saturated carbocycles. The second kappa shape index (κ2) is 11.7. The first-order chi connectivity index (χ1) is 20.0. The average Bonchev–Trinajstić information content (AvgIpc) is 3.54. The fraction of sp³-hybridized carbons (Fsp3) is 0.194. The minimum Gasteiger partial charge on any atom is -0.485 e. The van der Waals surface area contributed by atoms with E-state index in [4.69, 9.17) is 15.5 Å². The number of aromatic nitrogens is 2. The summed E-state index contributed by atoms with van der Waals surface area (Å²) in [4.78, 5) is 24.7. The Kier molecular flexibility index (Phi) is 8.18. The molecule has 0 aliphatic heterocycles. The molecule has 42 heavy (non-hydrogen) atoms. The van der Waals surface area contributed by atoms with Gasteiger partial charge in [-0.3, -0.25) is 4.79 Å². The number of thiophene rings is 1. The molecule has 0 unspecified atom stereocenters. The monoisotopic (exact) mass is 618 g/mol. The van der Waals surface area contributed by atoms with Crippen molar-refractivity contribution in [3.63, 3.8) is 0 Å². The highest BCUT2D eigenvalue weighted by atomic mass is 32.2. The summed E-state index contributed by atoms with van der Waals surface area (Å²) in [5.41, 5.74) is 10.8. The number of hydrogen-bond acceptors (Lipinski definition) is 9. The van der Waals surface area contributed by atoms with Gasteiger partial charge in [-0.15, -0.1) is 11.3 Å². The number of nitrogens with zero attached hydrogens (tertiary/aromatic N) is 2. The maximum atomic E-state index is 13.9. The second-order valence-corrected chi connectivity index (χ2v) is 13.9. The van der Waals surface area contributed by atoms with Crippen molar-refractivity contribution in [3.8, 4) is 16.3 Å². The zero-order valence-corrected chi connectivity index (χ0v) is 26.2. The summed E-state index contributed by atoms with van der Waals surface area (Å²) >= 11 is 2.35. The molecule has 2 aromatic carbocycles. The van der Waals surface area contributed by atoms with Crippen LogP contribution in [-0.2, 0) is 10.0 Å². The van der Waals surface area contributed by atoms with Gasteiger partial charge >= 0.3 is 0 Å². The molecule has 216 valence electrons. The molecule has 8 nitrogen and oxygen atoms in total. The number of carbonyl (C=O) groups excluding carboxylic acids is 1. The number of allylic oxidation sites excluding steroid dienone is 1. The first kappa shape index (κ1) is 29.4. The Balaban J connectivity index is 1.71. The Morgan fingerprint density at radius 2 is 1.81 bits per heavy atom. The number of carbonyl (C=O) groups is 1. The summed E-state index contributed by atoms with van der Waals surface area (Å²) in [6, 6.07) is 15.0. The topological polar surface area (TPSA) is 124 Å². The molecular formula is C31H30N4O4S3. The smallest absolute Gasteiger partial charge is 0.275 e. The molecule has 0 saturated heterocycles. The number of benzene rings is 2. The summed E-state index contributed by atoms with van der Waals surface area (Å²) in [6.45, 7) is 9.85. The van der Waals surface area contributed by atoms with Crippen molar-refractivity contribution in [1.29, 1.82) is 0 Å². The number of rotatable bonds is 8. The van der Waals surface area contributed by atoms with Gasteiger partial charge in [0.05, 0.1) is 33.2 Å². The van der Waals surface area contributed by atoms with Gasteiger partial charge in [-0.1, -0.05) is 53.8 Å². The lowest BCUT2D eigenvalue weighted by Crippen LogP contribution is -2.30. The van der Waals surface area contributed by atoms with E-state index in [1.807, 2.05) is 76.2 Å². The number of thiazole rings is 1. The molecule has 5 rings (SSSR count). The quantitative estimate of drug-likeness (QED) is 0.188. The molecule has 11 heteroatoms. The number of hydrogen-bond donors (Lipinski definition) is 2. The summed E-state index contributed by atoms with van der Waals surface area (Å²) in [6.07, 6.45) is 4.81. The van der Waals surface area contributed by atoms with Gasteiger partial charge in [-0.2, -0.15) is 0 Å². The Bertz CT molecular complexity index is 1940. The maximum absolute atomic E-state index is 13.9. The van der Waals surface area contributed by atoms with Crippen LogP contribution in [0.4, 0.5) is 5.13 Å². The third kappa shape index (κ3) is 5.67. The molecule has 0 spiro atoms. The van der Waals surface area contributed by atoms with Crippen LogP contribution >= 0.6 is 22.7 Å². The zero-order chi connectivity index (χ0) is 30.2. The van der Waals surface area contributed by atoms with Crippen LogP contribution in [0.2, 0.25) is 0 Å². The number of nitrogens with two attached hydrogens (primary N) is 1. The van der Waals surface area contributed by atoms with Gasteiger partial charge in [0, 0.05) is 4.88 Å². The largest absolute Gasteiger partial charge is 0.485 e. The van der Waals surface area contributed by atoms with Crippen molar-refractivity contribution in [2.45, 2.75) is 44.9 Å². The van der Waals surface area contributed by atoms with Crippen LogP contribution in [0.15, 0.2) is 65.0 Å². The molecular weight excluding hydrogens is 589 g/mol. The fourth-order valence-electron chi connectivity index (χ4n) is 4.62. The van der Waals surface area contributed by atoms with Crippen molar-refractivity contribution in [3.05, 3.63) is 93.5 Å². The molecule has 0 radical (unpaired) electrons. The van der Waals surface area contributed by atoms with E-state index < -0.39 is 15.9 Å². The molecule has 3 N–H and O–H groups in total. The van der Waals surface area contributed by atoms with Crippen molar-refractivity contribution in [2.24, 2.45) is 0 Å². The van der Waals surface area contributed by atoms with Crippen LogP contribution in [0.5, 0.6) is 5.75 Å². The minimum absolute atomic E-state index is 0.0844. The van der Waals surface area contributed by atoms with Crippen molar-refractivity contribution >= 4 is 60.7 Å². The predicted octanol–water partition coefficient (Wildman–Crippen LogP) is 7.22. The van der Waals surface area contributed by atoms with E-state index in [0.717, 1.165) is 49.5 Å². The van der Waals surface area contributed by atoms with Gasteiger partial charge < -0.3 is 10.5 Å². The lowest BCUT2D eigenvalue weighted by atomic mass is 10.0. The number of ether oxygens (including phenoxy) is 1. The first-order valence-electron chi connectivity index (χ1n) is 13.2. The maximum Gasteiger partial charge on any atom is 0.275 e. The van der Waals surface area contributed by atoms with Crippen LogP contribution in [0.1, 0.15) is 57.4 Å². The molecule has 0 aliphatic carbocycles. The summed E-state index contributed by atoms with van der Waals surface area (Å²) in [5, 5.41) is 0.513. The molecule has 5 aromatic rings. The SMILES string of the molecule is C/C=C\c1sc(-c2cc(C(=O)NS(=O)(=O)c3cnc(N)s3)c3c(O[C@H](C)c4ccccc4)ccc(C)c3n2)c(C)c1C. The number of pyridine rings is 1. The van der Waals surface area contributed by atoms with Gasteiger partial charge in [0.1, 0.15) is 11.9 Å². The van der Waals surface area contributed by atoms with Gasteiger partial charge in [-0.25, -0.2) is 23.1 Å². The molecule has 1 amide bonds. The Morgan fingerprint density at radius 1 is 1.07 bits per heavy atom. The van der Waals surface area contributed by atoms with E-state index in [2.05, 4.69) is 16.6 Å². The lowest BCUT2D eigenvalue weighted by molar-refractivity contribution is 0.0982. The van der Waals surface area contributed by atoms with Gasteiger partial charge in [0.25, 0.3) is 15.9 Å². The Labute approximate surface area is 253 Å². The molecule has 1 atom stereocenters. The number of anilines is 1. The van der Waals surface area contributed by atoms with E-state index in [0.29, 0.717) is 22.3 Å². The third-order valence-corrected chi connectivity index (χ3v) is 11.0. The highest BCUT2D eigenvalue weighted by Crippen LogP contribution is 2.40. The average molecular weight is 619 g/mol. The van der Waals surface area contributed by atoms with E-state index in [1.165, 1.54) is 0 Å². The van der Waals surface area contributed by atoms with E-state index in [1.54, 1.807) is 23.5 Å². The highest BCUT2D eigenvalue weighted by Gasteiger charge is 2.26. The van der Waals surface area contributed by atoms with Crippen molar-refractivity contribution < 1.29 is 17.9 Å². The minimum atomic E-state index is -4.23. The summed E-state index contributed by atoms with van der Waals surface area (Å²) in [7, 11) is -4.23. The fourth-order valence-corrected chi connectivity index (χ4v) is 7.74. The zero-order valence-electron chi connectivity index (χ0n) is 23.8. The first-order valence-corrected chi connectivity index (χ1v) is 16.3. The molecule has 0 aliphatic rings. The Morgan fingerprint density at radius 3 is 2.48 bits per heavy atom. The molecule has 0 fully saturated rings. The number of sulfonamides is 1. The van der Waals surface area contributed by atoms with Crippen LogP contribution in [0, 0.1) is 20.8 Å². The highest BCUT2D eigenvalue weighted by molar-refractivity contribution is 7.92. The van der Waals surface area contributed by atoms with E-state index >= 15 is 0 Å². The Hall–Kier alpha value is -4.06. The van der Waals surface area contributed by atoms with Gasteiger partial charge in [-0.05, 0) is 75.1 Å². The van der Waals surface area contributed by atoms with E-state index in [-0.39, 0.29) is 21.0 Å². The summed E-state index contributed by atoms with van der Waals surface area (Å²) in [5.74, 6) is -0.387. The van der Waals surface area contributed by atoms with Gasteiger partial charge in [0.15, 0.2) is 9.34 Å². The normalized spacial score (nSPS) is 12.6. The number of fused-ring (bicyclic) bond motifs is 1. The third-order valence-electron chi connectivity index (χ3n) is 6.97. The summed E-state index contributed by atoms with van der Waals surface area (Å²) < 4.78 is 34.7. The van der Waals surface area contributed by atoms with Crippen molar-refractivity contribution in [2.75, 3.05) is 5.73 Å². The van der Waals surface area contributed by atoms with Crippen LogP contribution in [0.25, 0.3) is 27.6 Å². The van der Waals surface area contributed by atoms with Crippen LogP contribution in [0.3, 0.4) is 0 Å². The van der Waals surface area contributed by atoms with Crippen LogP contribution < -0.4 is 15.2 Å². The number of amides is 1. The predicted molar refractivity (Wildman–Crippen MR) is 171 cm³/mol. The van der Waals surface area contributed by atoms with Crippen LogP contribution in [-0.4, -0.2) is 24.3 Å². The number of nitrogen functional groups attached to an aromatic ring is 1. The second-order valence-electron chi connectivity index (χ2n) is 9.83. The molecule has 3 aromatic heterocycles. The number of nitrogens with one attached hydrogen (secondary N) is 1. The van der Waals surface area contributed by atoms with Gasteiger partial charge in [0.2, 0.25) is 0 Å².